The molecule has 1 aromatic carbocycles. The SMILES string of the molecule is CCCNC(CC(C)C)c1cc(I)ccc1Br. The highest BCUT2D eigenvalue weighted by Gasteiger charge is 2.15. The van der Waals surface area contributed by atoms with Crippen LogP contribution in [-0.2, 0) is 0 Å². The smallest absolute Gasteiger partial charge is 0.0334 e. The minimum atomic E-state index is 0.457. The Bertz CT molecular complexity index is 352. The molecule has 3 heteroatoms. The normalized spacial score (nSPS) is 13.1. The molecule has 0 aliphatic rings. The molecule has 1 nitrogen and oxygen atoms in total. The molecule has 0 amide bonds. The van der Waals surface area contributed by atoms with Crippen LogP contribution in [0.2, 0.25) is 0 Å². The van der Waals surface area contributed by atoms with E-state index >= 15 is 0 Å². The topological polar surface area (TPSA) is 12.0 Å². The summed E-state index contributed by atoms with van der Waals surface area (Å²) in [6, 6.07) is 7.03. The number of rotatable bonds is 6. The van der Waals surface area contributed by atoms with Gasteiger partial charge in [0.25, 0.3) is 0 Å². The quantitative estimate of drug-likeness (QED) is 0.641. The van der Waals surface area contributed by atoms with Gasteiger partial charge in [-0.25, -0.2) is 0 Å². The lowest BCUT2D eigenvalue weighted by Gasteiger charge is -2.22. The lowest BCUT2D eigenvalue weighted by Crippen LogP contribution is -2.24. The van der Waals surface area contributed by atoms with Gasteiger partial charge in [0.2, 0.25) is 0 Å². The first kappa shape index (κ1) is 15.4. The van der Waals surface area contributed by atoms with E-state index in [1.54, 1.807) is 0 Å². The fraction of sp³-hybridized carbons (Fsp3) is 0.571. The van der Waals surface area contributed by atoms with Gasteiger partial charge in [0, 0.05) is 14.1 Å². The van der Waals surface area contributed by atoms with E-state index in [2.05, 4.69) is 82.8 Å². The molecule has 1 aromatic rings. The first-order chi connectivity index (χ1) is 8.04. The molecule has 0 radical (unpaired) electrons. The molecule has 0 aliphatic carbocycles. The van der Waals surface area contributed by atoms with Crippen molar-refractivity contribution in [2.24, 2.45) is 5.92 Å². The molecule has 0 spiro atoms. The van der Waals surface area contributed by atoms with Crippen molar-refractivity contribution in [1.29, 1.82) is 0 Å². The van der Waals surface area contributed by atoms with Gasteiger partial charge in [0.05, 0.1) is 0 Å². The molecule has 0 aliphatic heterocycles. The van der Waals surface area contributed by atoms with E-state index in [4.69, 9.17) is 0 Å². The summed E-state index contributed by atoms with van der Waals surface area (Å²) in [5.41, 5.74) is 1.39. The van der Waals surface area contributed by atoms with E-state index in [1.165, 1.54) is 26.4 Å². The van der Waals surface area contributed by atoms with Crippen molar-refractivity contribution in [2.75, 3.05) is 6.54 Å². The predicted octanol–water partition coefficient (Wildman–Crippen LogP) is 5.14. The molecule has 0 aromatic heterocycles. The molecule has 0 bridgehead atoms. The van der Waals surface area contributed by atoms with Crippen molar-refractivity contribution in [1.82, 2.24) is 5.32 Å². The second-order valence-electron chi connectivity index (χ2n) is 4.80. The van der Waals surface area contributed by atoms with Crippen LogP contribution < -0.4 is 5.32 Å². The largest absolute Gasteiger partial charge is 0.310 e. The predicted molar refractivity (Wildman–Crippen MR) is 87.3 cm³/mol. The van der Waals surface area contributed by atoms with Crippen LogP contribution in [0.3, 0.4) is 0 Å². The maximum atomic E-state index is 3.67. The molecule has 1 N–H and O–H groups in total. The Balaban J connectivity index is 2.90. The Morgan fingerprint density at radius 2 is 2.06 bits per heavy atom. The van der Waals surface area contributed by atoms with E-state index < -0.39 is 0 Å². The van der Waals surface area contributed by atoms with Gasteiger partial charge < -0.3 is 5.32 Å². The van der Waals surface area contributed by atoms with Gasteiger partial charge in [0.15, 0.2) is 0 Å². The molecular formula is C14H21BrIN. The van der Waals surface area contributed by atoms with Gasteiger partial charge in [-0.05, 0) is 71.7 Å². The Morgan fingerprint density at radius 3 is 2.65 bits per heavy atom. The van der Waals surface area contributed by atoms with Crippen LogP contribution in [-0.4, -0.2) is 6.54 Å². The summed E-state index contributed by atoms with van der Waals surface area (Å²) in [7, 11) is 0. The average molecular weight is 410 g/mol. The van der Waals surface area contributed by atoms with Crippen molar-refractivity contribution in [2.45, 2.75) is 39.7 Å². The van der Waals surface area contributed by atoms with Crippen molar-refractivity contribution in [3.05, 3.63) is 31.8 Å². The summed E-state index contributed by atoms with van der Waals surface area (Å²) in [6.45, 7) is 7.85. The van der Waals surface area contributed by atoms with Gasteiger partial charge in [-0.2, -0.15) is 0 Å². The summed E-state index contributed by atoms with van der Waals surface area (Å²) in [6.07, 6.45) is 2.36. The fourth-order valence-corrected chi connectivity index (χ4v) is 2.93. The molecule has 0 fully saturated rings. The highest BCUT2D eigenvalue weighted by atomic mass is 127. The molecule has 0 heterocycles. The maximum Gasteiger partial charge on any atom is 0.0334 e. The van der Waals surface area contributed by atoms with Gasteiger partial charge in [-0.3, -0.25) is 0 Å². The third kappa shape index (κ3) is 5.26. The highest BCUT2D eigenvalue weighted by molar-refractivity contribution is 14.1. The standard InChI is InChI=1S/C14H21BrIN/c1-4-7-17-14(8-10(2)3)12-9-11(16)5-6-13(12)15/h5-6,9-10,14,17H,4,7-8H2,1-3H3. The Morgan fingerprint density at radius 1 is 1.35 bits per heavy atom. The van der Waals surface area contributed by atoms with Crippen molar-refractivity contribution >= 4 is 38.5 Å². The minimum Gasteiger partial charge on any atom is -0.310 e. The second kappa shape index (κ2) is 7.74. The maximum absolute atomic E-state index is 3.67. The first-order valence-corrected chi connectivity index (χ1v) is 8.10. The highest BCUT2D eigenvalue weighted by Crippen LogP contribution is 2.29. The zero-order valence-electron chi connectivity index (χ0n) is 10.8. The van der Waals surface area contributed by atoms with Crippen molar-refractivity contribution in [3.8, 4) is 0 Å². The number of hydrogen-bond acceptors (Lipinski definition) is 1. The number of benzene rings is 1. The lowest BCUT2D eigenvalue weighted by atomic mass is 9.97. The number of nitrogens with one attached hydrogen (secondary N) is 1. The second-order valence-corrected chi connectivity index (χ2v) is 6.90. The molecular weight excluding hydrogens is 389 g/mol. The van der Waals surface area contributed by atoms with E-state index in [0.717, 1.165) is 6.54 Å². The van der Waals surface area contributed by atoms with E-state index in [1.807, 2.05) is 0 Å². The van der Waals surface area contributed by atoms with Gasteiger partial charge in [-0.1, -0.05) is 36.7 Å². The third-order valence-corrected chi connectivity index (χ3v) is 4.07. The third-order valence-electron chi connectivity index (χ3n) is 2.68. The zero-order valence-corrected chi connectivity index (χ0v) is 14.5. The summed E-state index contributed by atoms with van der Waals surface area (Å²) in [5.74, 6) is 0.703. The van der Waals surface area contributed by atoms with E-state index in [0.29, 0.717) is 12.0 Å². The van der Waals surface area contributed by atoms with Crippen LogP contribution in [0.5, 0.6) is 0 Å². The average Bonchev–Trinajstić information content (AvgIpc) is 2.27. The summed E-state index contributed by atoms with van der Waals surface area (Å²) < 4.78 is 2.51. The molecule has 1 atom stereocenters. The number of halogens is 2. The van der Waals surface area contributed by atoms with Crippen LogP contribution >= 0.6 is 38.5 Å². The van der Waals surface area contributed by atoms with E-state index in [9.17, 15) is 0 Å². The molecule has 1 unspecified atom stereocenters. The fourth-order valence-electron chi connectivity index (χ4n) is 1.89. The summed E-state index contributed by atoms with van der Waals surface area (Å²) in [5, 5.41) is 3.65. The summed E-state index contributed by atoms with van der Waals surface area (Å²) in [4.78, 5) is 0. The Kier molecular flexibility index (Phi) is 7.04. The summed E-state index contributed by atoms with van der Waals surface area (Å²) >= 11 is 6.05. The van der Waals surface area contributed by atoms with Crippen molar-refractivity contribution in [3.63, 3.8) is 0 Å². The molecule has 17 heavy (non-hydrogen) atoms. The lowest BCUT2D eigenvalue weighted by molar-refractivity contribution is 0.429. The van der Waals surface area contributed by atoms with Gasteiger partial charge in [0.1, 0.15) is 0 Å². The monoisotopic (exact) mass is 409 g/mol. The van der Waals surface area contributed by atoms with Crippen LogP contribution in [0.1, 0.15) is 45.2 Å². The van der Waals surface area contributed by atoms with Crippen LogP contribution in [0, 0.1) is 9.49 Å². The first-order valence-electron chi connectivity index (χ1n) is 6.23. The minimum absolute atomic E-state index is 0.457. The Labute approximate surface area is 127 Å². The molecule has 0 saturated carbocycles. The van der Waals surface area contributed by atoms with Crippen molar-refractivity contribution < 1.29 is 0 Å². The van der Waals surface area contributed by atoms with Gasteiger partial charge >= 0.3 is 0 Å². The van der Waals surface area contributed by atoms with Crippen LogP contribution in [0.25, 0.3) is 0 Å². The van der Waals surface area contributed by atoms with Crippen LogP contribution in [0.4, 0.5) is 0 Å². The Hall–Kier alpha value is 0.390. The van der Waals surface area contributed by atoms with E-state index in [-0.39, 0.29) is 0 Å². The molecule has 96 valence electrons. The van der Waals surface area contributed by atoms with Crippen LogP contribution in [0.15, 0.2) is 22.7 Å². The van der Waals surface area contributed by atoms with Gasteiger partial charge in [-0.15, -0.1) is 0 Å². The molecule has 1 rings (SSSR count). The zero-order chi connectivity index (χ0) is 12.8. The number of hydrogen-bond donors (Lipinski definition) is 1. The molecule has 0 saturated heterocycles.